The van der Waals surface area contributed by atoms with Crippen LogP contribution in [0.5, 0.6) is 0 Å². The lowest BCUT2D eigenvalue weighted by atomic mass is 10.2. The summed E-state index contributed by atoms with van der Waals surface area (Å²) >= 11 is 6.23. The van der Waals surface area contributed by atoms with Gasteiger partial charge in [-0.25, -0.2) is 4.98 Å². The molecule has 0 bridgehead atoms. The van der Waals surface area contributed by atoms with Gasteiger partial charge in [-0.15, -0.1) is 0 Å². The highest BCUT2D eigenvalue weighted by Crippen LogP contribution is 2.22. The molecule has 4 nitrogen and oxygen atoms in total. The summed E-state index contributed by atoms with van der Waals surface area (Å²) in [6.45, 7) is 9.80. The third kappa shape index (κ3) is 4.08. The number of aromatic nitrogens is 1. The van der Waals surface area contributed by atoms with Crippen molar-refractivity contribution in [3.05, 3.63) is 22.8 Å². The van der Waals surface area contributed by atoms with Crippen LogP contribution in [-0.4, -0.2) is 36.8 Å². The minimum Gasteiger partial charge on any atom is -0.372 e. The van der Waals surface area contributed by atoms with Gasteiger partial charge >= 0.3 is 0 Å². The van der Waals surface area contributed by atoms with Gasteiger partial charge < -0.3 is 15.0 Å². The molecule has 20 heavy (non-hydrogen) atoms. The molecule has 2 unspecified atom stereocenters. The summed E-state index contributed by atoms with van der Waals surface area (Å²) in [5.41, 5.74) is 0.921. The fourth-order valence-corrected chi connectivity index (χ4v) is 2.69. The quantitative estimate of drug-likeness (QED) is 0.848. The zero-order valence-corrected chi connectivity index (χ0v) is 13.3. The van der Waals surface area contributed by atoms with Crippen molar-refractivity contribution in [2.45, 2.75) is 45.9 Å². The number of anilines is 1. The summed E-state index contributed by atoms with van der Waals surface area (Å²) in [7, 11) is 0. The molecule has 0 spiro atoms. The monoisotopic (exact) mass is 297 g/mol. The minimum atomic E-state index is 0.234. The van der Waals surface area contributed by atoms with Gasteiger partial charge in [0, 0.05) is 19.6 Å². The Hall–Kier alpha value is -0.840. The predicted molar refractivity (Wildman–Crippen MR) is 83.5 cm³/mol. The average Bonchev–Trinajstić information content (AvgIpc) is 2.40. The molecule has 2 heterocycles. The summed E-state index contributed by atoms with van der Waals surface area (Å²) in [5.74, 6) is 0.990. The van der Waals surface area contributed by atoms with Crippen LogP contribution in [0.2, 0.25) is 5.02 Å². The number of pyridine rings is 1. The van der Waals surface area contributed by atoms with Crippen molar-refractivity contribution in [2.75, 3.05) is 24.5 Å². The third-order valence-corrected chi connectivity index (χ3v) is 3.71. The Labute approximate surface area is 126 Å². The molecule has 1 aliphatic rings. The molecule has 0 aromatic carbocycles. The van der Waals surface area contributed by atoms with Crippen molar-refractivity contribution in [1.29, 1.82) is 0 Å². The Morgan fingerprint density at radius 2 is 2.05 bits per heavy atom. The maximum atomic E-state index is 6.23. The van der Waals surface area contributed by atoms with E-state index in [1.54, 1.807) is 0 Å². The van der Waals surface area contributed by atoms with E-state index >= 15 is 0 Å². The van der Waals surface area contributed by atoms with Crippen LogP contribution in [-0.2, 0) is 11.3 Å². The average molecular weight is 298 g/mol. The molecular formula is C15H24ClN3O. The van der Waals surface area contributed by atoms with Gasteiger partial charge in [-0.1, -0.05) is 18.5 Å². The van der Waals surface area contributed by atoms with Crippen molar-refractivity contribution < 1.29 is 4.74 Å². The summed E-state index contributed by atoms with van der Waals surface area (Å²) in [4.78, 5) is 6.99. The molecule has 5 heteroatoms. The molecule has 112 valence electrons. The Morgan fingerprint density at radius 3 is 2.70 bits per heavy atom. The Morgan fingerprint density at radius 1 is 1.35 bits per heavy atom. The number of hydrogen-bond donors (Lipinski definition) is 1. The van der Waals surface area contributed by atoms with Gasteiger partial charge in [-0.05, 0) is 38.9 Å². The van der Waals surface area contributed by atoms with Gasteiger partial charge in [-0.2, -0.15) is 0 Å². The van der Waals surface area contributed by atoms with Gasteiger partial charge in [0.2, 0.25) is 0 Å². The molecule has 1 aromatic heterocycles. The Kier molecular flexibility index (Phi) is 5.64. The molecule has 1 fully saturated rings. The molecule has 0 amide bonds. The first-order valence-corrected chi connectivity index (χ1v) is 7.74. The van der Waals surface area contributed by atoms with E-state index in [0.29, 0.717) is 0 Å². The standard InChI is InChI=1S/C15H24ClN3O/c1-4-7-17-8-14-13(16)5-6-15(18-14)19-9-11(2)20-12(3)10-19/h5-6,11-12,17H,4,7-10H2,1-3H3. The fraction of sp³-hybridized carbons (Fsp3) is 0.667. The zero-order valence-electron chi connectivity index (χ0n) is 12.5. The molecule has 1 N–H and O–H groups in total. The van der Waals surface area contributed by atoms with Crippen LogP contribution >= 0.6 is 11.6 Å². The van der Waals surface area contributed by atoms with Crippen LogP contribution in [0.3, 0.4) is 0 Å². The van der Waals surface area contributed by atoms with Crippen LogP contribution in [0.15, 0.2) is 12.1 Å². The van der Waals surface area contributed by atoms with Gasteiger partial charge in [-0.3, -0.25) is 0 Å². The lowest BCUT2D eigenvalue weighted by Gasteiger charge is -2.36. The second-order valence-electron chi connectivity index (χ2n) is 5.44. The summed E-state index contributed by atoms with van der Waals surface area (Å²) in [5, 5.41) is 4.08. The number of ether oxygens (including phenoxy) is 1. The van der Waals surface area contributed by atoms with Gasteiger partial charge in [0.05, 0.1) is 22.9 Å². The lowest BCUT2D eigenvalue weighted by Crippen LogP contribution is -2.45. The first-order chi connectivity index (χ1) is 9.60. The molecular weight excluding hydrogens is 274 g/mol. The molecule has 2 rings (SSSR count). The van der Waals surface area contributed by atoms with Crippen molar-refractivity contribution in [2.24, 2.45) is 0 Å². The lowest BCUT2D eigenvalue weighted by molar-refractivity contribution is -0.00546. The van der Waals surface area contributed by atoms with Crippen molar-refractivity contribution in [1.82, 2.24) is 10.3 Å². The van der Waals surface area contributed by atoms with E-state index in [2.05, 4.69) is 31.0 Å². The first-order valence-electron chi connectivity index (χ1n) is 7.36. The minimum absolute atomic E-state index is 0.234. The molecule has 1 aliphatic heterocycles. The van der Waals surface area contributed by atoms with Gasteiger partial charge in [0.25, 0.3) is 0 Å². The van der Waals surface area contributed by atoms with E-state index < -0.39 is 0 Å². The maximum Gasteiger partial charge on any atom is 0.129 e. The molecule has 1 aromatic rings. The van der Waals surface area contributed by atoms with E-state index in [-0.39, 0.29) is 12.2 Å². The summed E-state index contributed by atoms with van der Waals surface area (Å²) in [6, 6.07) is 3.94. The largest absolute Gasteiger partial charge is 0.372 e. The third-order valence-electron chi connectivity index (χ3n) is 3.37. The van der Waals surface area contributed by atoms with Crippen molar-refractivity contribution >= 4 is 17.4 Å². The summed E-state index contributed by atoms with van der Waals surface area (Å²) in [6.07, 6.45) is 1.58. The maximum absolute atomic E-state index is 6.23. The highest BCUT2D eigenvalue weighted by atomic mass is 35.5. The van der Waals surface area contributed by atoms with Crippen molar-refractivity contribution in [3.63, 3.8) is 0 Å². The van der Waals surface area contributed by atoms with Gasteiger partial charge in [0.15, 0.2) is 0 Å². The number of morpholine rings is 1. The molecule has 1 saturated heterocycles. The number of hydrogen-bond acceptors (Lipinski definition) is 4. The second-order valence-corrected chi connectivity index (χ2v) is 5.84. The van der Waals surface area contributed by atoms with E-state index in [1.807, 2.05) is 12.1 Å². The van der Waals surface area contributed by atoms with Crippen LogP contribution in [0, 0.1) is 0 Å². The normalized spacial score (nSPS) is 23.1. The number of nitrogens with zero attached hydrogens (tertiary/aromatic N) is 2. The van der Waals surface area contributed by atoms with Crippen LogP contribution in [0.4, 0.5) is 5.82 Å². The number of halogens is 1. The second kappa shape index (κ2) is 7.25. The van der Waals surface area contributed by atoms with E-state index in [4.69, 9.17) is 21.3 Å². The molecule has 0 saturated carbocycles. The zero-order chi connectivity index (χ0) is 14.5. The SMILES string of the molecule is CCCNCc1nc(N2CC(C)OC(C)C2)ccc1Cl. The predicted octanol–water partition coefficient (Wildman–Crippen LogP) is 2.85. The van der Waals surface area contributed by atoms with E-state index in [9.17, 15) is 0 Å². The number of rotatable bonds is 5. The highest BCUT2D eigenvalue weighted by Gasteiger charge is 2.23. The van der Waals surface area contributed by atoms with E-state index in [1.165, 1.54) is 0 Å². The Bertz CT molecular complexity index is 431. The summed E-state index contributed by atoms with van der Waals surface area (Å²) < 4.78 is 5.76. The molecule has 0 aliphatic carbocycles. The fourth-order valence-electron chi connectivity index (χ4n) is 2.52. The Balaban J connectivity index is 2.09. The smallest absolute Gasteiger partial charge is 0.129 e. The van der Waals surface area contributed by atoms with Crippen molar-refractivity contribution in [3.8, 4) is 0 Å². The number of nitrogens with one attached hydrogen (secondary N) is 1. The molecule has 0 radical (unpaired) electrons. The van der Waals surface area contributed by atoms with Crippen LogP contribution < -0.4 is 10.2 Å². The van der Waals surface area contributed by atoms with Crippen LogP contribution in [0.25, 0.3) is 0 Å². The van der Waals surface area contributed by atoms with Gasteiger partial charge in [0.1, 0.15) is 5.82 Å². The highest BCUT2D eigenvalue weighted by molar-refractivity contribution is 6.31. The van der Waals surface area contributed by atoms with E-state index in [0.717, 1.165) is 49.1 Å². The first kappa shape index (κ1) is 15.5. The topological polar surface area (TPSA) is 37.4 Å². The molecule has 2 atom stereocenters. The van der Waals surface area contributed by atoms with Crippen LogP contribution in [0.1, 0.15) is 32.9 Å².